The molecule has 1 aromatic carbocycles. The summed E-state index contributed by atoms with van der Waals surface area (Å²) < 4.78 is 0. The van der Waals surface area contributed by atoms with E-state index in [-0.39, 0.29) is 0 Å². The highest BCUT2D eigenvalue weighted by molar-refractivity contribution is 5.57. The molecular weight excluding hydrogens is 244 g/mol. The molecule has 112 valence electrons. The summed E-state index contributed by atoms with van der Waals surface area (Å²) in [6, 6.07) is 7.56. The van der Waals surface area contributed by atoms with Crippen LogP contribution in [0.25, 0.3) is 0 Å². The zero-order valence-electron chi connectivity index (χ0n) is 13.6. The average Bonchev–Trinajstić information content (AvgIpc) is 2.42. The van der Waals surface area contributed by atoms with Gasteiger partial charge in [-0.05, 0) is 63.7 Å². The molecule has 0 spiro atoms. The van der Waals surface area contributed by atoms with Gasteiger partial charge in [0.2, 0.25) is 0 Å². The van der Waals surface area contributed by atoms with Gasteiger partial charge >= 0.3 is 0 Å². The van der Waals surface area contributed by atoms with Crippen LogP contribution in [-0.4, -0.2) is 25.7 Å². The van der Waals surface area contributed by atoms with Crippen LogP contribution in [0.5, 0.6) is 0 Å². The molecule has 0 fully saturated rings. The Balaban J connectivity index is 1.93. The van der Waals surface area contributed by atoms with Gasteiger partial charge in [-0.2, -0.15) is 0 Å². The van der Waals surface area contributed by atoms with E-state index >= 15 is 0 Å². The summed E-state index contributed by atoms with van der Waals surface area (Å²) in [6.07, 6.45) is 3.76. The Kier molecular flexibility index (Phi) is 5.47. The monoisotopic (exact) mass is 274 g/mol. The molecule has 1 heterocycles. The van der Waals surface area contributed by atoms with Gasteiger partial charge in [0.1, 0.15) is 0 Å². The van der Waals surface area contributed by atoms with Gasteiger partial charge in [-0.25, -0.2) is 0 Å². The third-order valence-electron chi connectivity index (χ3n) is 4.21. The first-order valence-corrected chi connectivity index (χ1v) is 8.15. The van der Waals surface area contributed by atoms with Crippen LogP contribution in [0.2, 0.25) is 0 Å². The van der Waals surface area contributed by atoms with Gasteiger partial charge in [-0.15, -0.1) is 0 Å². The summed E-state index contributed by atoms with van der Waals surface area (Å²) in [5.41, 5.74) is 4.40. The first-order valence-electron chi connectivity index (χ1n) is 8.15. The van der Waals surface area contributed by atoms with Crippen LogP contribution in [0.4, 0.5) is 5.69 Å². The van der Waals surface area contributed by atoms with E-state index in [1.54, 1.807) is 5.56 Å². The molecule has 0 saturated heterocycles. The minimum Gasteiger partial charge on any atom is -0.369 e. The largest absolute Gasteiger partial charge is 0.369 e. The Morgan fingerprint density at radius 3 is 2.80 bits per heavy atom. The summed E-state index contributed by atoms with van der Waals surface area (Å²) >= 11 is 0. The lowest BCUT2D eigenvalue weighted by Crippen LogP contribution is -2.39. The average molecular weight is 274 g/mol. The summed E-state index contributed by atoms with van der Waals surface area (Å²) in [5, 5.41) is 3.56. The van der Waals surface area contributed by atoms with Gasteiger partial charge in [-0.3, -0.25) is 0 Å². The minimum absolute atomic E-state index is 0.622. The van der Waals surface area contributed by atoms with Gasteiger partial charge in [0.15, 0.2) is 0 Å². The minimum atomic E-state index is 0.622. The summed E-state index contributed by atoms with van der Waals surface area (Å²) in [5.74, 6) is 0.740. The fraction of sp³-hybridized carbons (Fsp3) is 0.667. The van der Waals surface area contributed by atoms with E-state index < -0.39 is 0 Å². The van der Waals surface area contributed by atoms with Crippen molar-refractivity contribution in [1.82, 2.24) is 5.32 Å². The number of nitrogens with zero attached hydrogens (tertiary/aromatic N) is 1. The molecule has 20 heavy (non-hydrogen) atoms. The van der Waals surface area contributed by atoms with Crippen molar-refractivity contribution in [2.75, 3.05) is 24.5 Å². The first-order chi connectivity index (χ1) is 9.58. The molecule has 0 radical (unpaired) electrons. The lowest BCUT2D eigenvalue weighted by Gasteiger charge is -2.36. The lowest BCUT2D eigenvalue weighted by atomic mass is 9.97. The Hall–Kier alpha value is -1.02. The van der Waals surface area contributed by atoms with Crippen molar-refractivity contribution in [3.8, 4) is 0 Å². The van der Waals surface area contributed by atoms with Gasteiger partial charge in [0.05, 0.1) is 0 Å². The number of hydrogen-bond acceptors (Lipinski definition) is 2. The smallest absolute Gasteiger partial charge is 0.0401 e. The fourth-order valence-corrected chi connectivity index (χ4v) is 3.07. The highest BCUT2D eigenvalue weighted by atomic mass is 15.2. The molecule has 2 nitrogen and oxygen atoms in total. The second-order valence-corrected chi connectivity index (χ2v) is 6.66. The highest BCUT2D eigenvalue weighted by Gasteiger charge is 2.20. The zero-order valence-corrected chi connectivity index (χ0v) is 13.6. The topological polar surface area (TPSA) is 15.3 Å². The maximum Gasteiger partial charge on any atom is 0.0401 e. The molecule has 0 saturated carbocycles. The SMILES string of the molecule is Cc1ccc2c(c1)CCCN2C(C)CCNCC(C)C. The van der Waals surface area contributed by atoms with Crippen LogP contribution in [0.15, 0.2) is 18.2 Å². The molecule has 1 aliphatic rings. The van der Waals surface area contributed by atoms with Gasteiger partial charge < -0.3 is 10.2 Å². The molecule has 1 unspecified atom stereocenters. The van der Waals surface area contributed by atoms with E-state index in [0.717, 1.165) is 19.0 Å². The van der Waals surface area contributed by atoms with E-state index in [4.69, 9.17) is 0 Å². The van der Waals surface area contributed by atoms with Crippen LogP contribution in [-0.2, 0) is 6.42 Å². The molecule has 0 amide bonds. The molecule has 0 aromatic heterocycles. The fourth-order valence-electron chi connectivity index (χ4n) is 3.07. The van der Waals surface area contributed by atoms with Gasteiger partial charge in [0.25, 0.3) is 0 Å². The standard InChI is InChI=1S/C18H30N2/c1-14(2)13-19-10-9-16(4)20-11-5-6-17-12-15(3)7-8-18(17)20/h7-8,12,14,16,19H,5-6,9-11,13H2,1-4H3. The molecular formula is C18H30N2. The highest BCUT2D eigenvalue weighted by Crippen LogP contribution is 2.30. The lowest BCUT2D eigenvalue weighted by molar-refractivity contribution is 0.499. The number of benzene rings is 1. The van der Waals surface area contributed by atoms with Crippen molar-refractivity contribution in [2.45, 2.75) is 53.0 Å². The number of anilines is 1. The van der Waals surface area contributed by atoms with Gasteiger partial charge in [-0.1, -0.05) is 31.5 Å². The van der Waals surface area contributed by atoms with Gasteiger partial charge in [0, 0.05) is 18.3 Å². The Labute approximate surface area is 124 Å². The van der Waals surface area contributed by atoms with E-state index in [9.17, 15) is 0 Å². The molecule has 0 aliphatic carbocycles. The Morgan fingerprint density at radius 1 is 1.25 bits per heavy atom. The number of fused-ring (bicyclic) bond motifs is 1. The third-order valence-corrected chi connectivity index (χ3v) is 4.21. The van der Waals surface area contributed by atoms with E-state index in [0.29, 0.717) is 6.04 Å². The van der Waals surface area contributed by atoms with E-state index in [1.165, 1.54) is 37.1 Å². The first kappa shape index (κ1) is 15.4. The number of aryl methyl sites for hydroxylation is 2. The third kappa shape index (κ3) is 3.99. The normalized spacial score (nSPS) is 16.4. The Bertz CT molecular complexity index is 425. The zero-order chi connectivity index (χ0) is 14.5. The van der Waals surface area contributed by atoms with Crippen LogP contribution in [0, 0.1) is 12.8 Å². The number of rotatable bonds is 6. The molecule has 2 rings (SSSR count). The van der Waals surface area contributed by atoms with E-state index in [1.807, 2.05) is 0 Å². The van der Waals surface area contributed by atoms with Crippen molar-refractivity contribution in [1.29, 1.82) is 0 Å². The molecule has 1 aromatic rings. The summed E-state index contributed by atoms with van der Waals surface area (Å²) in [7, 11) is 0. The maximum absolute atomic E-state index is 3.56. The Morgan fingerprint density at radius 2 is 2.05 bits per heavy atom. The molecule has 2 heteroatoms. The second-order valence-electron chi connectivity index (χ2n) is 6.66. The summed E-state index contributed by atoms with van der Waals surface area (Å²) in [6.45, 7) is 12.5. The van der Waals surface area contributed by atoms with Crippen LogP contribution in [0.3, 0.4) is 0 Å². The molecule has 1 atom stereocenters. The number of hydrogen-bond donors (Lipinski definition) is 1. The molecule has 0 bridgehead atoms. The van der Waals surface area contributed by atoms with Crippen LogP contribution in [0.1, 0.15) is 44.7 Å². The maximum atomic E-state index is 3.56. The van der Waals surface area contributed by atoms with Crippen molar-refractivity contribution in [2.24, 2.45) is 5.92 Å². The van der Waals surface area contributed by atoms with Crippen LogP contribution < -0.4 is 10.2 Å². The van der Waals surface area contributed by atoms with Crippen LogP contribution >= 0.6 is 0 Å². The van der Waals surface area contributed by atoms with Crippen molar-refractivity contribution in [3.05, 3.63) is 29.3 Å². The van der Waals surface area contributed by atoms with Crippen molar-refractivity contribution >= 4 is 5.69 Å². The molecule has 1 N–H and O–H groups in total. The summed E-state index contributed by atoms with van der Waals surface area (Å²) in [4.78, 5) is 2.61. The number of nitrogens with one attached hydrogen (secondary N) is 1. The predicted octanol–water partition coefficient (Wildman–Crippen LogP) is 3.77. The van der Waals surface area contributed by atoms with Crippen molar-refractivity contribution < 1.29 is 0 Å². The second kappa shape index (κ2) is 7.12. The van der Waals surface area contributed by atoms with E-state index in [2.05, 4.69) is 56.1 Å². The predicted molar refractivity (Wildman–Crippen MR) is 88.6 cm³/mol. The quantitative estimate of drug-likeness (QED) is 0.794. The molecule has 1 aliphatic heterocycles. The van der Waals surface area contributed by atoms with Crippen molar-refractivity contribution in [3.63, 3.8) is 0 Å².